The minimum atomic E-state index is -4.59. The normalized spacial score (nSPS) is 19.4. The maximum atomic E-state index is 13.2. The largest absolute Gasteiger partial charge is 0.416 e. The number of methoxy groups -OCH3 is 1. The van der Waals surface area contributed by atoms with Gasteiger partial charge in [0.15, 0.2) is 11.5 Å². The van der Waals surface area contributed by atoms with Crippen molar-refractivity contribution in [2.75, 3.05) is 19.2 Å². The molecule has 2 amide bonds. The number of aromatic nitrogens is 1. The number of thiazole rings is 1. The van der Waals surface area contributed by atoms with Gasteiger partial charge < -0.3 is 19.9 Å². The Labute approximate surface area is 204 Å². The van der Waals surface area contributed by atoms with Crippen molar-refractivity contribution < 1.29 is 37.3 Å². The smallest absolute Gasteiger partial charge is 0.361 e. The van der Waals surface area contributed by atoms with Crippen molar-refractivity contribution in [2.45, 2.75) is 51.5 Å². The van der Waals surface area contributed by atoms with Crippen LogP contribution in [0.3, 0.4) is 0 Å². The molecule has 13 heteroatoms. The summed E-state index contributed by atoms with van der Waals surface area (Å²) in [7, 11) is 1.49. The topological polar surface area (TPSA) is 113 Å². The van der Waals surface area contributed by atoms with Gasteiger partial charge in [0.2, 0.25) is 11.8 Å². The lowest BCUT2D eigenvalue weighted by Gasteiger charge is -2.30. The fourth-order valence-electron chi connectivity index (χ4n) is 3.67. The number of nitrogens with zero attached hydrogens (tertiary/aromatic N) is 2. The first-order chi connectivity index (χ1) is 16.5. The number of halogens is 3. The van der Waals surface area contributed by atoms with Crippen LogP contribution >= 0.6 is 11.3 Å². The van der Waals surface area contributed by atoms with Crippen molar-refractivity contribution in [2.24, 2.45) is 5.92 Å². The van der Waals surface area contributed by atoms with Crippen LogP contribution in [0.1, 0.15) is 43.1 Å². The molecule has 1 aromatic carbocycles. The molecule has 0 spiro atoms. The molecule has 0 saturated carbocycles. The molecule has 1 fully saturated rings. The van der Waals surface area contributed by atoms with Gasteiger partial charge in [-0.05, 0) is 30.0 Å². The van der Waals surface area contributed by atoms with E-state index in [1.807, 2.05) is 13.8 Å². The maximum absolute atomic E-state index is 13.2. The van der Waals surface area contributed by atoms with E-state index in [9.17, 15) is 27.9 Å². The van der Waals surface area contributed by atoms with Gasteiger partial charge in [0.25, 0.3) is 0 Å². The van der Waals surface area contributed by atoms with Crippen LogP contribution in [0.2, 0.25) is 0 Å². The second-order valence-corrected chi connectivity index (χ2v) is 9.23. The first-order valence-corrected chi connectivity index (χ1v) is 11.6. The third-order valence-corrected chi connectivity index (χ3v) is 6.00. The first-order valence-electron chi connectivity index (χ1n) is 10.8. The summed E-state index contributed by atoms with van der Waals surface area (Å²) in [6.45, 7) is 3.96. The van der Waals surface area contributed by atoms with Crippen LogP contribution in [0, 0.1) is 5.92 Å². The molecule has 2 aromatic rings. The van der Waals surface area contributed by atoms with Gasteiger partial charge in [0.05, 0.1) is 17.9 Å². The zero-order valence-electron chi connectivity index (χ0n) is 19.3. The molecular weight excluding hydrogens is 489 g/mol. The van der Waals surface area contributed by atoms with Crippen LogP contribution in [0.15, 0.2) is 29.6 Å². The standard InChI is InChI=1S/C22H27F3N4O5S/c1-12(2)7-16(18(30)28-20-26-15(10-35-20)9-34-11-33-3)29-19(31)17(27-21(29)32)13-5-4-6-14(8-13)22(23,24)25/h4-6,8,10,12,16-17,21,27,32H,7,9,11H2,1-3H3,(H,26,28,30)/t16-,17?,21?/m0/s1. The number of alkyl halides is 3. The molecular formula is C22H27F3N4O5S. The Morgan fingerprint density at radius 3 is 2.77 bits per heavy atom. The van der Waals surface area contributed by atoms with Gasteiger partial charge in [-0.2, -0.15) is 13.2 Å². The highest BCUT2D eigenvalue weighted by atomic mass is 32.1. The average Bonchev–Trinajstić information content (AvgIpc) is 3.35. The predicted octanol–water partition coefficient (Wildman–Crippen LogP) is 3.08. The van der Waals surface area contributed by atoms with Crippen LogP contribution < -0.4 is 10.6 Å². The molecule has 1 aliphatic rings. The van der Waals surface area contributed by atoms with Crippen LogP contribution in [0.5, 0.6) is 0 Å². The van der Waals surface area contributed by atoms with E-state index in [-0.39, 0.29) is 36.4 Å². The summed E-state index contributed by atoms with van der Waals surface area (Å²) in [5.41, 5.74) is -0.301. The van der Waals surface area contributed by atoms with Crippen molar-refractivity contribution >= 4 is 28.3 Å². The van der Waals surface area contributed by atoms with E-state index < -0.39 is 42.0 Å². The number of carbonyl (C=O) groups excluding carboxylic acids is 2. The molecule has 0 aliphatic carbocycles. The highest BCUT2D eigenvalue weighted by molar-refractivity contribution is 7.13. The number of aliphatic hydroxyl groups excluding tert-OH is 1. The number of nitrogens with one attached hydrogen (secondary N) is 2. The minimum Gasteiger partial charge on any atom is -0.361 e. The Morgan fingerprint density at radius 2 is 2.11 bits per heavy atom. The SMILES string of the molecule is COCOCc1csc(NC(=O)[C@H](CC(C)C)N2C(=O)C(c3cccc(C(F)(F)F)c3)NC2O)n1. The highest BCUT2D eigenvalue weighted by Crippen LogP contribution is 2.33. The van der Waals surface area contributed by atoms with E-state index >= 15 is 0 Å². The van der Waals surface area contributed by atoms with E-state index in [4.69, 9.17) is 9.47 Å². The summed E-state index contributed by atoms with van der Waals surface area (Å²) in [6.07, 6.45) is -5.94. The molecule has 2 heterocycles. The second kappa shape index (κ2) is 11.4. The van der Waals surface area contributed by atoms with E-state index in [1.54, 1.807) is 5.38 Å². The minimum absolute atomic E-state index is 0.0346. The van der Waals surface area contributed by atoms with Crippen molar-refractivity contribution in [3.05, 3.63) is 46.5 Å². The number of carbonyl (C=O) groups is 2. The van der Waals surface area contributed by atoms with Gasteiger partial charge in [-0.15, -0.1) is 11.3 Å². The van der Waals surface area contributed by atoms with Gasteiger partial charge in [-0.3, -0.25) is 19.8 Å². The third kappa shape index (κ3) is 6.76. The molecule has 3 N–H and O–H groups in total. The summed E-state index contributed by atoms with van der Waals surface area (Å²) >= 11 is 1.17. The molecule has 1 aliphatic heterocycles. The molecule has 1 aromatic heterocycles. The van der Waals surface area contributed by atoms with Gasteiger partial charge >= 0.3 is 6.18 Å². The van der Waals surface area contributed by atoms with E-state index in [2.05, 4.69) is 15.6 Å². The van der Waals surface area contributed by atoms with Gasteiger partial charge in [0.1, 0.15) is 18.9 Å². The molecule has 35 heavy (non-hydrogen) atoms. The summed E-state index contributed by atoms with van der Waals surface area (Å²) in [5, 5.41) is 17.8. The third-order valence-electron chi connectivity index (χ3n) is 5.19. The summed E-state index contributed by atoms with van der Waals surface area (Å²) in [6, 6.07) is 1.98. The molecule has 1 saturated heterocycles. The zero-order valence-corrected chi connectivity index (χ0v) is 20.2. The van der Waals surface area contributed by atoms with Crippen molar-refractivity contribution in [1.82, 2.24) is 15.2 Å². The summed E-state index contributed by atoms with van der Waals surface area (Å²) in [5.74, 6) is -1.31. The number of rotatable bonds is 10. The molecule has 0 radical (unpaired) electrons. The van der Waals surface area contributed by atoms with Crippen LogP contribution in [-0.2, 0) is 31.8 Å². The number of amides is 2. The lowest BCUT2D eigenvalue weighted by Crippen LogP contribution is -2.50. The zero-order chi connectivity index (χ0) is 25.8. The molecule has 0 bridgehead atoms. The lowest BCUT2D eigenvalue weighted by molar-refractivity contribution is -0.144. The Morgan fingerprint density at radius 1 is 1.37 bits per heavy atom. The van der Waals surface area contributed by atoms with Gasteiger partial charge in [0, 0.05) is 12.5 Å². The Kier molecular flexibility index (Phi) is 8.83. The molecule has 3 atom stereocenters. The van der Waals surface area contributed by atoms with Gasteiger partial charge in [-0.1, -0.05) is 26.0 Å². The number of aliphatic hydroxyl groups is 1. The van der Waals surface area contributed by atoms with Crippen molar-refractivity contribution in [1.29, 1.82) is 0 Å². The lowest BCUT2D eigenvalue weighted by atomic mass is 10.00. The number of hydrogen-bond acceptors (Lipinski definition) is 8. The number of hydrogen-bond donors (Lipinski definition) is 3. The Balaban J connectivity index is 1.78. The highest BCUT2D eigenvalue weighted by Gasteiger charge is 2.45. The van der Waals surface area contributed by atoms with Crippen molar-refractivity contribution in [3.63, 3.8) is 0 Å². The number of anilines is 1. The second-order valence-electron chi connectivity index (χ2n) is 8.38. The predicted molar refractivity (Wildman–Crippen MR) is 121 cm³/mol. The van der Waals surface area contributed by atoms with E-state index in [0.29, 0.717) is 5.69 Å². The fourth-order valence-corrected chi connectivity index (χ4v) is 4.37. The molecule has 9 nitrogen and oxygen atoms in total. The molecule has 192 valence electrons. The number of benzene rings is 1. The Hall–Kier alpha value is -2.58. The number of ether oxygens (including phenoxy) is 2. The average molecular weight is 517 g/mol. The summed E-state index contributed by atoms with van der Waals surface area (Å²) in [4.78, 5) is 31.6. The first kappa shape index (κ1) is 27.0. The van der Waals surface area contributed by atoms with Crippen LogP contribution in [0.4, 0.5) is 18.3 Å². The van der Waals surface area contributed by atoms with Gasteiger partial charge in [-0.25, -0.2) is 4.98 Å². The molecule has 3 rings (SSSR count). The maximum Gasteiger partial charge on any atom is 0.416 e. The van der Waals surface area contributed by atoms with E-state index in [0.717, 1.165) is 17.0 Å². The Bertz CT molecular complexity index is 1030. The van der Waals surface area contributed by atoms with E-state index in [1.165, 1.54) is 30.6 Å². The van der Waals surface area contributed by atoms with Crippen LogP contribution in [0.25, 0.3) is 0 Å². The quantitative estimate of drug-likeness (QED) is 0.329. The summed E-state index contributed by atoms with van der Waals surface area (Å²) < 4.78 is 49.5. The fraction of sp³-hybridized carbons (Fsp3) is 0.500. The monoisotopic (exact) mass is 516 g/mol. The molecule has 2 unspecified atom stereocenters. The van der Waals surface area contributed by atoms with Crippen LogP contribution in [-0.4, -0.2) is 53.1 Å². The van der Waals surface area contributed by atoms with Crippen molar-refractivity contribution in [3.8, 4) is 0 Å².